The summed E-state index contributed by atoms with van der Waals surface area (Å²) in [5.74, 6) is -0.973. The van der Waals surface area contributed by atoms with Crippen molar-refractivity contribution in [2.24, 2.45) is 0 Å². The van der Waals surface area contributed by atoms with E-state index in [-0.39, 0.29) is 34.5 Å². The Morgan fingerprint density at radius 1 is 1.11 bits per heavy atom. The molecule has 2 aromatic rings. The second kappa shape index (κ2) is 9.44. The Bertz CT molecular complexity index is 904. The van der Waals surface area contributed by atoms with E-state index in [1.54, 1.807) is 31.2 Å². The lowest BCUT2D eigenvalue weighted by atomic mass is 10.1. The van der Waals surface area contributed by atoms with Gasteiger partial charge in [0.2, 0.25) is 10.0 Å². The molecule has 0 heterocycles. The molecule has 1 amide bonds. The highest BCUT2D eigenvalue weighted by Gasteiger charge is 2.27. The van der Waals surface area contributed by atoms with Gasteiger partial charge in [-0.2, -0.15) is 13.2 Å². The number of carbonyl (C=O) groups is 1. The molecule has 2 aromatic carbocycles. The van der Waals surface area contributed by atoms with Crippen LogP contribution in [0.4, 0.5) is 13.2 Å². The third kappa shape index (κ3) is 6.84. The molecule has 10 heteroatoms. The maximum Gasteiger partial charge on any atom is 0.441 e. The normalized spacial score (nSPS) is 13.1. The molecule has 28 heavy (non-hydrogen) atoms. The van der Waals surface area contributed by atoms with Gasteiger partial charge in [-0.15, -0.1) is 0 Å². The van der Waals surface area contributed by atoms with Gasteiger partial charge in [0.05, 0.1) is 4.90 Å². The van der Waals surface area contributed by atoms with Crippen molar-refractivity contribution in [3.8, 4) is 0 Å². The van der Waals surface area contributed by atoms with Crippen LogP contribution in [0.3, 0.4) is 0 Å². The Hall–Kier alpha value is -2.04. The van der Waals surface area contributed by atoms with Crippen molar-refractivity contribution >= 4 is 27.7 Å². The number of amides is 1. The van der Waals surface area contributed by atoms with Crippen molar-refractivity contribution < 1.29 is 26.4 Å². The molecule has 1 atom stereocenters. The predicted molar refractivity (Wildman–Crippen MR) is 102 cm³/mol. The number of hydrogen-bond acceptors (Lipinski definition) is 4. The zero-order chi connectivity index (χ0) is 20.8. The van der Waals surface area contributed by atoms with Crippen molar-refractivity contribution in [1.29, 1.82) is 0 Å². The van der Waals surface area contributed by atoms with E-state index in [1.165, 1.54) is 24.3 Å². The molecular weight excluding hydrogens is 413 g/mol. The molecule has 152 valence electrons. The zero-order valence-corrected chi connectivity index (χ0v) is 16.5. The molecule has 0 fully saturated rings. The Kier molecular flexibility index (Phi) is 7.50. The monoisotopic (exact) mass is 432 g/mol. The van der Waals surface area contributed by atoms with Crippen molar-refractivity contribution in [2.75, 3.05) is 12.3 Å². The van der Waals surface area contributed by atoms with E-state index in [4.69, 9.17) is 0 Å². The van der Waals surface area contributed by atoms with E-state index in [1.807, 2.05) is 6.07 Å². The lowest BCUT2D eigenvalue weighted by Crippen LogP contribution is -2.28. The molecule has 0 bridgehead atoms. The van der Waals surface area contributed by atoms with Gasteiger partial charge in [0.15, 0.2) is 0 Å². The molecule has 5 nitrogen and oxygen atoms in total. The van der Waals surface area contributed by atoms with Crippen LogP contribution >= 0.6 is 11.8 Å². The standard InChI is InChI=1S/C18H19F3N2O3S2/c1-13(14-6-3-2-4-7-14)23-28(25,26)16-9-5-8-15(12-16)17(24)22-10-11-27-18(19,20)21/h2-9,12-13,23H,10-11H2,1H3,(H,22,24). The predicted octanol–water partition coefficient (Wildman–Crippen LogP) is 3.71. The van der Waals surface area contributed by atoms with Crippen molar-refractivity contribution in [3.05, 3.63) is 65.7 Å². The highest BCUT2D eigenvalue weighted by molar-refractivity contribution is 8.00. The second-order valence-electron chi connectivity index (χ2n) is 5.83. The molecular formula is C18H19F3N2O3S2. The summed E-state index contributed by atoms with van der Waals surface area (Å²) in [6.45, 7) is 1.50. The number of hydrogen-bond donors (Lipinski definition) is 2. The summed E-state index contributed by atoms with van der Waals surface area (Å²) in [6, 6.07) is 13.8. The minimum Gasteiger partial charge on any atom is -0.351 e. The smallest absolute Gasteiger partial charge is 0.351 e. The number of alkyl halides is 3. The van der Waals surface area contributed by atoms with Gasteiger partial charge in [-0.3, -0.25) is 4.79 Å². The van der Waals surface area contributed by atoms with E-state index in [2.05, 4.69) is 10.0 Å². The van der Waals surface area contributed by atoms with Crippen LogP contribution in [0.2, 0.25) is 0 Å². The minimum atomic E-state index is -4.36. The van der Waals surface area contributed by atoms with Crippen LogP contribution < -0.4 is 10.0 Å². The first-order valence-corrected chi connectivity index (χ1v) is 10.7. The molecule has 0 aliphatic carbocycles. The van der Waals surface area contributed by atoms with Gasteiger partial charge in [0.1, 0.15) is 0 Å². The number of benzene rings is 2. The third-order valence-electron chi connectivity index (χ3n) is 3.69. The number of sulfonamides is 1. The van der Waals surface area contributed by atoms with Crippen molar-refractivity contribution in [2.45, 2.75) is 23.4 Å². The van der Waals surface area contributed by atoms with Crippen LogP contribution in [-0.2, 0) is 10.0 Å². The first-order chi connectivity index (χ1) is 13.1. The van der Waals surface area contributed by atoms with Gasteiger partial charge in [-0.1, -0.05) is 36.4 Å². The van der Waals surface area contributed by atoms with Gasteiger partial charge < -0.3 is 5.32 Å². The average molecular weight is 432 g/mol. The quantitative estimate of drug-likeness (QED) is 0.624. The first kappa shape index (κ1) is 22.3. The van der Waals surface area contributed by atoms with E-state index < -0.39 is 27.5 Å². The number of carbonyl (C=O) groups excluding carboxylic acids is 1. The Labute approximate surface area is 165 Å². The fraction of sp³-hybridized carbons (Fsp3) is 0.278. The number of nitrogens with one attached hydrogen (secondary N) is 2. The number of rotatable bonds is 8. The van der Waals surface area contributed by atoms with Crippen LogP contribution in [0.15, 0.2) is 59.5 Å². The zero-order valence-electron chi connectivity index (χ0n) is 14.9. The van der Waals surface area contributed by atoms with Crippen molar-refractivity contribution in [1.82, 2.24) is 10.0 Å². The summed E-state index contributed by atoms with van der Waals surface area (Å²) in [6.07, 6.45) is 0. The Morgan fingerprint density at radius 2 is 1.79 bits per heavy atom. The number of halogens is 3. The lowest BCUT2D eigenvalue weighted by molar-refractivity contribution is -0.0327. The highest BCUT2D eigenvalue weighted by Crippen LogP contribution is 2.29. The van der Waals surface area contributed by atoms with Crippen LogP contribution in [0, 0.1) is 0 Å². The average Bonchev–Trinajstić information content (AvgIpc) is 2.65. The topological polar surface area (TPSA) is 75.3 Å². The molecule has 0 aliphatic rings. The van der Waals surface area contributed by atoms with Gasteiger partial charge in [-0.25, -0.2) is 13.1 Å². The maximum atomic E-state index is 12.6. The molecule has 2 rings (SSSR count). The summed E-state index contributed by atoms with van der Waals surface area (Å²) in [5, 5.41) is 2.34. The summed E-state index contributed by atoms with van der Waals surface area (Å²) < 4.78 is 64.0. The fourth-order valence-electron chi connectivity index (χ4n) is 2.35. The van der Waals surface area contributed by atoms with E-state index >= 15 is 0 Å². The SMILES string of the molecule is CC(NS(=O)(=O)c1cccc(C(=O)NCCSC(F)(F)F)c1)c1ccccc1. The van der Waals surface area contributed by atoms with Crippen LogP contribution in [0.25, 0.3) is 0 Å². The second-order valence-corrected chi connectivity index (χ2v) is 8.71. The first-order valence-electron chi connectivity index (χ1n) is 8.25. The molecule has 0 aliphatic heterocycles. The van der Waals surface area contributed by atoms with Gasteiger partial charge in [-0.05, 0) is 42.4 Å². The molecule has 0 saturated heterocycles. The van der Waals surface area contributed by atoms with Crippen LogP contribution in [-0.4, -0.2) is 32.1 Å². The molecule has 1 unspecified atom stereocenters. The molecule has 0 radical (unpaired) electrons. The van der Waals surface area contributed by atoms with E-state index in [9.17, 15) is 26.4 Å². The summed E-state index contributed by atoms with van der Waals surface area (Å²) in [7, 11) is -3.89. The van der Waals surface area contributed by atoms with E-state index in [0.717, 1.165) is 5.56 Å². The number of thioether (sulfide) groups is 1. The van der Waals surface area contributed by atoms with E-state index in [0.29, 0.717) is 0 Å². The van der Waals surface area contributed by atoms with Gasteiger partial charge in [0.25, 0.3) is 5.91 Å². The molecule has 0 spiro atoms. The lowest BCUT2D eigenvalue weighted by Gasteiger charge is -2.15. The summed E-state index contributed by atoms with van der Waals surface area (Å²) >= 11 is -0.238. The minimum absolute atomic E-state index is 0.0484. The van der Waals surface area contributed by atoms with Crippen LogP contribution in [0.1, 0.15) is 28.9 Å². The summed E-state index contributed by atoms with van der Waals surface area (Å²) in [5.41, 5.74) is -3.53. The Morgan fingerprint density at radius 3 is 2.43 bits per heavy atom. The third-order valence-corrected chi connectivity index (χ3v) is 5.97. The van der Waals surface area contributed by atoms with Gasteiger partial charge in [0, 0.05) is 23.9 Å². The van der Waals surface area contributed by atoms with Gasteiger partial charge >= 0.3 is 5.51 Å². The molecule has 0 saturated carbocycles. The Balaban J connectivity index is 2.03. The summed E-state index contributed by atoms with van der Waals surface area (Å²) in [4.78, 5) is 12.0. The highest BCUT2D eigenvalue weighted by atomic mass is 32.2. The van der Waals surface area contributed by atoms with Crippen molar-refractivity contribution in [3.63, 3.8) is 0 Å². The largest absolute Gasteiger partial charge is 0.441 e. The molecule has 0 aromatic heterocycles. The maximum absolute atomic E-state index is 12.6. The fourth-order valence-corrected chi connectivity index (χ4v) is 4.06. The molecule has 2 N–H and O–H groups in total. The van der Waals surface area contributed by atoms with Crippen LogP contribution in [0.5, 0.6) is 0 Å².